The van der Waals surface area contributed by atoms with Crippen molar-refractivity contribution in [2.75, 3.05) is 19.7 Å². The molecular weight excluding hydrogens is 479 g/mol. The summed E-state index contributed by atoms with van der Waals surface area (Å²) < 4.78 is 12.9. The molecule has 0 fully saturated rings. The molecule has 2 heterocycles. The second kappa shape index (κ2) is 9.82. The summed E-state index contributed by atoms with van der Waals surface area (Å²) in [7, 11) is 0. The monoisotopic (exact) mass is 496 g/mol. The fraction of sp³-hybridized carbons (Fsp3) is 0.235. The molecule has 28 heavy (non-hydrogen) atoms. The Morgan fingerprint density at radius 3 is 2.71 bits per heavy atom. The second-order valence-corrected chi connectivity index (χ2v) is 6.83. The summed E-state index contributed by atoms with van der Waals surface area (Å²) in [6.45, 7) is 0.662. The van der Waals surface area contributed by atoms with Gasteiger partial charge in [0.15, 0.2) is 12.4 Å². The van der Waals surface area contributed by atoms with Gasteiger partial charge in [0.05, 0.1) is 9.77 Å². The minimum Gasteiger partial charge on any atom is -0.484 e. The maximum absolute atomic E-state index is 12.0. The summed E-state index contributed by atoms with van der Waals surface area (Å²) in [5, 5.41) is 13.1. The SMILES string of the molecule is O=C(COc1ccccc1)NCCNC(=O)c1nc(Cn2cc(I)cn2)no1. The van der Waals surface area contributed by atoms with E-state index in [1.807, 2.05) is 24.4 Å². The molecule has 2 amide bonds. The average molecular weight is 496 g/mol. The molecule has 0 saturated carbocycles. The number of benzene rings is 1. The van der Waals surface area contributed by atoms with Gasteiger partial charge in [-0.25, -0.2) is 0 Å². The van der Waals surface area contributed by atoms with Crippen molar-refractivity contribution in [3.8, 4) is 5.75 Å². The van der Waals surface area contributed by atoms with Crippen molar-refractivity contribution in [1.29, 1.82) is 0 Å². The lowest BCUT2D eigenvalue weighted by molar-refractivity contribution is -0.123. The first-order valence-electron chi connectivity index (χ1n) is 8.33. The Kier molecular flexibility index (Phi) is 6.94. The summed E-state index contributed by atoms with van der Waals surface area (Å²) in [5.41, 5.74) is 0. The molecule has 2 aromatic heterocycles. The van der Waals surface area contributed by atoms with Gasteiger partial charge in [-0.1, -0.05) is 23.4 Å². The summed E-state index contributed by atoms with van der Waals surface area (Å²) >= 11 is 2.14. The van der Waals surface area contributed by atoms with Gasteiger partial charge >= 0.3 is 11.8 Å². The molecule has 3 rings (SSSR count). The van der Waals surface area contributed by atoms with E-state index in [9.17, 15) is 9.59 Å². The van der Waals surface area contributed by atoms with E-state index in [1.165, 1.54) is 0 Å². The number of hydrogen-bond donors (Lipinski definition) is 2. The van der Waals surface area contributed by atoms with E-state index < -0.39 is 5.91 Å². The Hall–Kier alpha value is -2.96. The Balaban J connectivity index is 1.34. The fourth-order valence-corrected chi connectivity index (χ4v) is 2.60. The van der Waals surface area contributed by atoms with Gasteiger partial charge in [0.25, 0.3) is 5.91 Å². The van der Waals surface area contributed by atoms with Crippen molar-refractivity contribution >= 4 is 34.4 Å². The van der Waals surface area contributed by atoms with Crippen molar-refractivity contribution < 1.29 is 18.8 Å². The number of halogens is 1. The van der Waals surface area contributed by atoms with Crippen LogP contribution in [0.15, 0.2) is 47.2 Å². The molecule has 146 valence electrons. The highest BCUT2D eigenvalue weighted by atomic mass is 127. The van der Waals surface area contributed by atoms with Crippen LogP contribution in [0.3, 0.4) is 0 Å². The molecule has 0 aliphatic rings. The van der Waals surface area contributed by atoms with Gasteiger partial charge in [0.2, 0.25) is 0 Å². The highest BCUT2D eigenvalue weighted by Crippen LogP contribution is 2.07. The van der Waals surface area contributed by atoms with E-state index in [-0.39, 0.29) is 31.5 Å². The third-order valence-electron chi connectivity index (χ3n) is 3.41. The van der Waals surface area contributed by atoms with Crippen LogP contribution in [0.2, 0.25) is 0 Å². The van der Waals surface area contributed by atoms with E-state index in [2.05, 4.69) is 48.5 Å². The van der Waals surface area contributed by atoms with Crippen molar-refractivity contribution in [2.24, 2.45) is 0 Å². The van der Waals surface area contributed by atoms with Crippen molar-refractivity contribution in [1.82, 2.24) is 30.6 Å². The molecule has 1 aromatic carbocycles. The standard InChI is InChI=1S/C17H17IN6O4/c18-12-8-21-24(9-12)10-14-22-17(28-23-14)16(26)20-7-6-19-15(25)11-27-13-4-2-1-3-5-13/h1-5,8-9H,6-7,10-11H2,(H,19,25)(H,20,26). The summed E-state index contributed by atoms with van der Waals surface area (Å²) in [5.74, 6) is 0.0187. The molecule has 0 unspecified atom stereocenters. The first-order valence-corrected chi connectivity index (χ1v) is 9.41. The fourth-order valence-electron chi connectivity index (χ4n) is 2.15. The summed E-state index contributed by atoms with van der Waals surface area (Å²) in [4.78, 5) is 27.7. The number of carbonyl (C=O) groups excluding carboxylic acids is 2. The van der Waals surface area contributed by atoms with Gasteiger partial charge in [-0.2, -0.15) is 10.1 Å². The van der Waals surface area contributed by atoms with E-state index in [1.54, 1.807) is 23.0 Å². The molecular formula is C17H17IN6O4. The van der Waals surface area contributed by atoms with Crippen LogP contribution in [0.25, 0.3) is 0 Å². The Bertz CT molecular complexity index is 927. The third kappa shape index (κ3) is 6.04. The lowest BCUT2D eigenvalue weighted by Crippen LogP contribution is -2.36. The number of nitrogens with one attached hydrogen (secondary N) is 2. The van der Waals surface area contributed by atoms with Gasteiger partial charge in [-0.15, -0.1) is 0 Å². The van der Waals surface area contributed by atoms with Crippen LogP contribution in [-0.2, 0) is 11.3 Å². The molecule has 2 N–H and O–H groups in total. The molecule has 0 atom stereocenters. The quantitative estimate of drug-likeness (QED) is 0.333. The predicted molar refractivity (Wildman–Crippen MR) is 106 cm³/mol. The maximum atomic E-state index is 12.0. The molecule has 0 saturated heterocycles. The van der Waals surface area contributed by atoms with E-state index >= 15 is 0 Å². The predicted octanol–water partition coefficient (Wildman–Crippen LogP) is 0.844. The molecule has 0 spiro atoms. The van der Waals surface area contributed by atoms with Crippen molar-refractivity contribution in [3.63, 3.8) is 0 Å². The molecule has 0 aliphatic heterocycles. The number of para-hydroxylation sites is 1. The van der Waals surface area contributed by atoms with E-state index in [0.717, 1.165) is 3.57 Å². The summed E-state index contributed by atoms with van der Waals surface area (Å²) in [6.07, 6.45) is 3.52. The normalized spacial score (nSPS) is 10.5. The lowest BCUT2D eigenvalue weighted by Gasteiger charge is -2.07. The van der Waals surface area contributed by atoms with Crippen LogP contribution >= 0.6 is 22.6 Å². The number of ether oxygens (including phenoxy) is 1. The Labute approximate surface area is 173 Å². The number of hydrogen-bond acceptors (Lipinski definition) is 7. The number of amides is 2. The second-order valence-electron chi connectivity index (χ2n) is 5.58. The molecule has 11 heteroatoms. The van der Waals surface area contributed by atoms with Gasteiger partial charge < -0.3 is 19.9 Å². The van der Waals surface area contributed by atoms with Gasteiger partial charge in [-0.3, -0.25) is 14.3 Å². The molecule has 0 bridgehead atoms. The van der Waals surface area contributed by atoms with Gasteiger partial charge in [0, 0.05) is 19.3 Å². The smallest absolute Gasteiger partial charge is 0.316 e. The Morgan fingerprint density at radius 2 is 1.96 bits per heavy atom. The maximum Gasteiger partial charge on any atom is 0.316 e. The molecule has 10 nitrogen and oxygen atoms in total. The van der Waals surface area contributed by atoms with Crippen molar-refractivity contribution in [2.45, 2.75) is 6.54 Å². The molecule has 0 radical (unpaired) electrons. The van der Waals surface area contributed by atoms with Crippen LogP contribution in [-0.4, -0.2) is 51.4 Å². The summed E-state index contributed by atoms with van der Waals surface area (Å²) in [6, 6.07) is 9.03. The first-order chi connectivity index (χ1) is 13.6. The number of carbonyl (C=O) groups is 2. The number of aromatic nitrogens is 4. The Morgan fingerprint density at radius 1 is 1.18 bits per heavy atom. The highest BCUT2D eigenvalue weighted by molar-refractivity contribution is 14.1. The first kappa shape index (κ1) is 19.8. The van der Waals surface area contributed by atoms with Gasteiger partial charge in [-0.05, 0) is 34.7 Å². The zero-order valence-electron chi connectivity index (χ0n) is 14.7. The van der Waals surface area contributed by atoms with Gasteiger partial charge in [0.1, 0.15) is 12.3 Å². The molecule has 0 aliphatic carbocycles. The molecule has 3 aromatic rings. The minimum absolute atomic E-state index is 0.0999. The van der Waals surface area contributed by atoms with E-state index in [0.29, 0.717) is 18.1 Å². The van der Waals surface area contributed by atoms with Crippen LogP contribution in [0.1, 0.15) is 16.5 Å². The van der Waals surface area contributed by atoms with Crippen LogP contribution in [0.4, 0.5) is 0 Å². The topological polar surface area (TPSA) is 124 Å². The zero-order valence-corrected chi connectivity index (χ0v) is 16.8. The average Bonchev–Trinajstić information content (AvgIpc) is 3.33. The third-order valence-corrected chi connectivity index (χ3v) is 3.97. The van der Waals surface area contributed by atoms with E-state index in [4.69, 9.17) is 9.26 Å². The van der Waals surface area contributed by atoms with Crippen LogP contribution in [0.5, 0.6) is 5.75 Å². The lowest BCUT2D eigenvalue weighted by atomic mass is 10.3. The number of rotatable bonds is 9. The largest absolute Gasteiger partial charge is 0.484 e. The minimum atomic E-state index is -0.511. The highest BCUT2D eigenvalue weighted by Gasteiger charge is 2.15. The number of nitrogens with zero attached hydrogens (tertiary/aromatic N) is 4. The van der Waals surface area contributed by atoms with Crippen molar-refractivity contribution in [3.05, 3.63) is 58.0 Å². The zero-order chi connectivity index (χ0) is 19.8. The van der Waals surface area contributed by atoms with Crippen LogP contribution in [0, 0.1) is 3.57 Å². The van der Waals surface area contributed by atoms with Crippen LogP contribution < -0.4 is 15.4 Å².